The Hall–Kier alpha value is -1.03. The molecule has 1 heterocycles. The molecule has 0 aliphatic rings. The highest BCUT2D eigenvalue weighted by molar-refractivity contribution is 6.32. The van der Waals surface area contributed by atoms with E-state index < -0.39 is 0 Å². The van der Waals surface area contributed by atoms with Crippen LogP contribution in [-0.2, 0) is 7.05 Å². The average Bonchev–Trinajstić information content (AvgIpc) is 1.93. The number of hydrogen-bond acceptors (Lipinski definition) is 3. The lowest BCUT2D eigenvalue weighted by molar-refractivity contribution is 0.710. The van der Waals surface area contributed by atoms with E-state index in [1.807, 2.05) is 0 Å². The Labute approximate surface area is 62.2 Å². The molecule has 0 aliphatic carbocycles. The molecule has 54 valence electrons. The largest absolute Gasteiger partial charge is 0.393 e. The van der Waals surface area contributed by atoms with E-state index in [-0.39, 0.29) is 16.3 Å². The quantitative estimate of drug-likeness (QED) is 0.581. The van der Waals surface area contributed by atoms with E-state index in [1.165, 1.54) is 13.2 Å². The molecule has 0 radical (unpaired) electrons. The van der Waals surface area contributed by atoms with Crippen LogP contribution < -0.4 is 11.3 Å². The van der Waals surface area contributed by atoms with Crippen LogP contribution >= 0.6 is 11.6 Å². The molecule has 0 atom stereocenters. The van der Waals surface area contributed by atoms with Crippen LogP contribution in [0.25, 0.3) is 0 Å². The topological polar surface area (TPSA) is 60.9 Å². The smallest absolute Gasteiger partial charge is 0.291 e. The molecule has 0 spiro atoms. The summed E-state index contributed by atoms with van der Waals surface area (Å²) in [5.41, 5.74) is 4.95. The number of nitrogens with zero attached hydrogens (tertiary/aromatic N) is 2. The number of nitrogens with two attached hydrogens (primary N) is 1. The first kappa shape index (κ1) is 7.08. The van der Waals surface area contributed by atoms with E-state index in [0.717, 1.165) is 4.68 Å². The second-order valence-corrected chi connectivity index (χ2v) is 2.24. The number of aromatic nitrogens is 2. The van der Waals surface area contributed by atoms with Gasteiger partial charge >= 0.3 is 0 Å². The van der Waals surface area contributed by atoms with Gasteiger partial charge in [0, 0.05) is 7.05 Å². The summed E-state index contributed by atoms with van der Waals surface area (Å²) in [5.74, 6) is 0. The molecule has 2 N–H and O–H groups in total. The van der Waals surface area contributed by atoms with Gasteiger partial charge < -0.3 is 5.73 Å². The fourth-order valence-corrected chi connectivity index (χ4v) is 0.660. The Kier molecular flexibility index (Phi) is 1.63. The third-order valence-corrected chi connectivity index (χ3v) is 1.43. The summed E-state index contributed by atoms with van der Waals surface area (Å²) in [5, 5.41) is 3.83. The molecule has 0 fully saturated rings. The van der Waals surface area contributed by atoms with Crippen molar-refractivity contribution >= 4 is 17.3 Å². The lowest BCUT2D eigenvalue weighted by Gasteiger charge is -1.97. The zero-order valence-corrected chi connectivity index (χ0v) is 6.09. The summed E-state index contributed by atoms with van der Waals surface area (Å²) in [4.78, 5) is 10.9. The van der Waals surface area contributed by atoms with Gasteiger partial charge in [-0.2, -0.15) is 5.10 Å². The predicted octanol–water partition coefficient (Wildman–Crippen LogP) is 0.0159. The van der Waals surface area contributed by atoms with Crippen LogP contribution in [0, 0.1) is 0 Å². The lowest BCUT2D eigenvalue weighted by atomic mass is 10.5. The number of nitrogen functional groups attached to an aromatic ring is 1. The van der Waals surface area contributed by atoms with Crippen LogP contribution in [0.4, 0.5) is 5.69 Å². The van der Waals surface area contributed by atoms with Crippen molar-refractivity contribution in [1.82, 2.24) is 9.78 Å². The third kappa shape index (κ3) is 0.974. The molecule has 0 saturated carbocycles. The number of hydrogen-bond donors (Lipinski definition) is 1. The molecule has 1 aromatic rings. The number of aryl methyl sites for hydroxylation is 1. The zero-order chi connectivity index (χ0) is 7.72. The Balaban J connectivity index is 3.50. The maximum atomic E-state index is 10.9. The van der Waals surface area contributed by atoms with Gasteiger partial charge in [-0.1, -0.05) is 11.6 Å². The van der Waals surface area contributed by atoms with Crippen molar-refractivity contribution in [3.8, 4) is 0 Å². The highest BCUT2D eigenvalue weighted by Crippen LogP contribution is 2.09. The molecule has 0 aliphatic heterocycles. The predicted molar refractivity (Wildman–Crippen MR) is 38.9 cm³/mol. The van der Waals surface area contributed by atoms with Crippen molar-refractivity contribution in [3.05, 3.63) is 21.6 Å². The molecule has 0 aromatic carbocycles. The average molecular weight is 160 g/mol. The molecule has 0 saturated heterocycles. The molecule has 1 rings (SSSR count). The minimum atomic E-state index is -0.368. The molecular formula is C5H6ClN3O. The zero-order valence-electron chi connectivity index (χ0n) is 5.34. The maximum absolute atomic E-state index is 10.9. The SMILES string of the molecule is Cn1ncc(Cl)c(N)c1=O. The van der Waals surface area contributed by atoms with Crippen molar-refractivity contribution in [1.29, 1.82) is 0 Å². The summed E-state index contributed by atoms with van der Waals surface area (Å²) in [6.07, 6.45) is 1.33. The number of halogens is 1. The van der Waals surface area contributed by atoms with Gasteiger partial charge in [0.15, 0.2) is 0 Å². The van der Waals surface area contributed by atoms with Crippen LogP contribution in [0.1, 0.15) is 0 Å². The summed E-state index contributed by atoms with van der Waals surface area (Å²) in [6, 6.07) is 0. The first-order chi connectivity index (χ1) is 4.63. The normalized spacial score (nSPS) is 9.80. The summed E-state index contributed by atoms with van der Waals surface area (Å²) in [6.45, 7) is 0. The Morgan fingerprint density at radius 2 is 2.40 bits per heavy atom. The van der Waals surface area contributed by atoms with E-state index in [2.05, 4.69) is 5.10 Å². The van der Waals surface area contributed by atoms with Gasteiger partial charge in [-0.3, -0.25) is 4.79 Å². The fraction of sp³-hybridized carbons (Fsp3) is 0.200. The lowest BCUT2D eigenvalue weighted by Crippen LogP contribution is -2.22. The van der Waals surface area contributed by atoms with E-state index in [0.29, 0.717) is 0 Å². The van der Waals surface area contributed by atoms with Crippen LogP contribution in [-0.4, -0.2) is 9.78 Å². The molecule has 1 aromatic heterocycles. The van der Waals surface area contributed by atoms with Crippen LogP contribution in [0.3, 0.4) is 0 Å². The second-order valence-electron chi connectivity index (χ2n) is 1.83. The molecule has 0 unspecified atom stereocenters. The molecule has 0 amide bonds. The van der Waals surface area contributed by atoms with Crippen molar-refractivity contribution in [2.75, 3.05) is 5.73 Å². The second kappa shape index (κ2) is 2.30. The molecule has 5 heteroatoms. The number of anilines is 1. The van der Waals surface area contributed by atoms with Crippen molar-refractivity contribution in [2.45, 2.75) is 0 Å². The Morgan fingerprint density at radius 3 is 2.90 bits per heavy atom. The van der Waals surface area contributed by atoms with E-state index >= 15 is 0 Å². The molecule has 0 bridgehead atoms. The van der Waals surface area contributed by atoms with Crippen molar-refractivity contribution in [3.63, 3.8) is 0 Å². The first-order valence-electron chi connectivity index (χ1n) is 2.60. The summed E-state index contributed by atoms with van der Waals surface area (Å²) in [7, 11) is 1.51. The van der Waals surface area contributed by atoms with Crippen molar-refractivity contribution < 1.29 is 0 Å². The van der Waals surface area contributed by atoms with E-state index in [9.17, 15) is 4.79 Å². The highest BCUT2D eigenvalue weighted by atomic mass is 35.5. The Bertz CT molecular complexity index is 306. The molecule has 10 heavy (non-hydrogen) atoms. The van der Waals surface area contributed by atoms with Crippen LogP contribution in [0.2, 0.25) is 5.02 Å². The first-order valence-corrected chi connectivity index (χ1v) is 2.98. The van der Waals surface area contributed by atoms with Gasteiger partial charge in [-0.15, -0.1) is 0 Å². The van der Waals surface area contributed by atoms with Gasteiger partial charge in [0.25, 0.3) is 5.56 Å². The van der Waals surface area contributed by atoms with Crippen LogP contribution in [0.15, 0.2) is 11.0 Å². The minimum absolute atomic E-state index is 0.0409. The molecular weight excluding hydrogens is 154 g/mol. The third-order valence-electron chi connectivity index (χ3n) is 1.13. The van der Waals surface area contributed by atoms with E-state index in [4.69, 9.17) is 17.3 Å². The van der Waals surface area contributed by atoms with Gasteiger partial charge in [-0.05, 0) is 0 Å². The molecule has 4 nitrogen and oxygen atoms in total. The number of rotatable bonds is 0. The van der Waals surface area contributed by atoms with Gasteiger partial charge in [-0.25, -0.2) is 4.68 Å². The van der Waals surface area contributed by atoms with Crippen molar-refractivity contribution in [2.24, 2.45) is 7.05 Å². The van der Waals surface area contributed by atoms with E-state index in [1.54, 1.807) is 0 Å². The minimum Gasteiger partial charge on any atom is -0.393 e. The Morgan fingerprint density at radius 1 is 1.80 bits per heavy atom. The summed E-state index contributed by atoms with van der Waals surface area (Å²) < 4.78 is 1.13. The van der Waals surface area contributed by atoms with Gasteiger partial charge in [0.2, 0.25) is 0 Å². The monoisotopic (exact) mass is 159 g/mol. The fourth-order valence-electron chi connectivity index (χ4n) is 0.536. The summed E-state index contributed by atoms with van der Waals surface area (Å²) >= 11 is 5.49. The maximum Gasteiger partial charge on any atom is 0.291 e. The highest BCUT2D eigenvalue weighted by Gasteiger charge is 2.01. The standard InChI is InChI=1S/C5H6ClN3O/c1-9-5(10)4(7)3(6)2-8-9/h2H,7H2,1H3. The van der Waals surface area contributed by atoms with Gasteiger partial charge in [0.1, 0.15) is 5.69 Å². The van der Waals surface area contributed by atoms with Gasteiger partial charge in [0.05, 0.1) is 11.2 Å². The van der Waals surface area contributed by atoms with Crippen LogP contribution in [0.5, 0.6) is 0 Å².